The highest BCUT2D eigenvalue weighted by Crippen LogP contribution is 2.30. The number of piperazine rings is 1. The molecule has 1 saturated heterocycles. The van der Waals surface area contributed by atoms with Crippen molar-refractivity contribution < 1.29 is 19.1 Å². The monoisotopic (exact) mass is 408 g/mol. The Labute approximate surface area is 177 Å². The van der Waals surface area contributed by atoms with E-state index in [1.54, 1.807) is 0 Å². The minimum atomic E-state index is 0.0364. The molecule has 0 aliphatic carbocycles. The van der Waals surface area contributed by atoms with Crippen LogP contribution in [0.15, 0.2) is 42.5 Å². The normalized spacial score (nSPS) is 16.2. The van der Waals surface area contributed by atoms with Crippen molar-refractivity contribution in [1.82, 2.24) is 9.80 Å². The van der Waals surface area contributed by atoms with Gasteiger partial charge in [0.25, 0.3) is 5.91 Å². The van der Waals surface area contributed by atoms with Gasteiger partial charge in [-0.1, -0.05) is 23.8 Å². The van der Waals surface area contributed by atoms with E-state index in [-0.39, 0.29) is 11.8 Å². The van der Waals surface area contributed by atoms with E-state index in [1.807, 2.05) is 59.2 Å². The van der Waals surface area contributed by atoms with Gasteiger partial charge >= 0.3 is 0 Å². The smallest absolute Gasteiger partial charge is 0.253 e. The topological polar surface area (TPSA) is 59.1 Å². The van der Waals surface area contributed by atoms with E-state index < -0.39 is 0 Å². The lowest BCUT2D eigenvalue weighted by Gasteiger charge is -2.35. The second-order valence-corrected chi connectivity index (χ2v) is 7.87. The van der Waals surface area contributed by atoms with Crippen LogP contribution in [-0.2, 0) is 11.2 Å². The van der Waals surface area contributed by atoms with E-state index in [0.29, 0.717) is 57.8 Å². The van der Waals surface area contributed by atoms with Crippen LogP contribution in [0.2, 0.25) is 0 Å². The fourth-order valence-corrected chi connectivity index (χ4v) is 3.81. The molecule has 6 heteroatoms. The molecule has 2 aromatic carbocycles. The summed E-state index contributed by atoms with van der Waals surface area (Å²) in [7, 11) is 0. The largest absolute Gasteiger partial charge is 0.490 e. The molecule has 2 aliphatic rings. The highest BCUT2D eigenvalue weighted by Gasteiger charge is 2.24. The number of aryl methyl sites for hydroxylation is 2. The lowest BCUT2D eigenvalue weighted by atomic mass is 10.1. The molecule has 0 saturated carbocycles. The summed E-state index contributed by atoms with van der Waals surface area (Å²) in [5.74, 6) is 1.71. The zero-order valence-corrected chi connectivity index (χ0v) is 17.4. The highest BCUT2D eigenvalue weighted by atomic mass is 16.5. The van der Waals surface area contributed by atoms with Crippen LogP contribution in [0.25, 0.3) is 0 Å². The first-order valence-electron chi connectivity index (χ1n) is 10.6. The summed E-state index contributed by atoms with van der Waals surface area (Å²) in [5.41, 5.74) is 2.91. The first kappa shape index (κ1) is 20.3. The first-order valence-corrected chi connectivity index (χ1v) is 10.6. The molecule has 4 rings (SSSR count). The number of carbonyl (C=O) groups excluding carboxylic acids is 2. The van der Waals surface area contributed by atoms with Crippen molar-refractivity contribution in [3.63, 3.8) is 0 Å². The van der Waals surface area contributed by atoms with Crippen molar-refractivity contribution in [2.45, 2.75) is 26.2 Å². The van der Waals surface area contributed by atoms with Gasteiger partial charge in [-0.3, -0.25) is 9.59 Å². The summed E-state index contributed by atoms with van der Waals surface area (Å²) >= 11 is 0. The number of ether oxygens (including phenoxy) is 2. The van der Waals surface area contributed by atoms with Crippen LogP contribution in [-0.4, -0.2) is 61.0 Å². The predicted molar refractivity (Wildman–Crippen MR) is 114 cm³/mol. The van der Waals surface area contributed by atoms with Gasteiger partial charge in [-0.2, -0.15) is 0 Å². The maximum Gasteiger partial charge on any atom is 0.253 e. The maximum atomic E-state index is 12.7. The van der Waals surface area contributed by atoms with Crippen LogP contribution in [0.3, 0.4) is 0 Å². The second-order valence-electron chi connectivity index (χ2n) is 7.87. The molecule has 0 bridgehead atoms. The zero-order valence-electron chi connectivity index (χ0n) is 17.4. The van der Waals surface area contributed by atoms with Crippen molar-refractivity contribution in [3.8, 4) is 11.5 Å². The first-order chi connectivity index (χ1) is 14.6. The number of amides is 2. The highest BCUT2D eigenvalue weighted by molar-refractivity contribution is 5.94. The minimum Gasteiger partial charge on any atom is -0.490 e. The second kappa shape index (κ2) is 9.20. The SMILES string of the molecule is Cc1ccc(C(=O)N2CCN(C(=O)CCc3ccc4c(c3)OCCCO4)CC2)cc1. The maximum absolute atomic E-state index is 12.7. The summed E-state index contributed by atoms with van der Waals surface area (Å²) in [5, 5.41) is 0. The van der Waals surface area contributed by atoms with Crippen molar-refractivity contribution in [1.29, 1.82) is 0 Å². The molecule has 1 fully saturated rings. The summed E-state index contributed by atoms with van der Waals surface area (Å²) in [4.78, 5) is 29.0. The van der Waals surface area contributed by atoms with Crippen molar-refractivity contribution >= 4 is 11.8 Å². The van der Waals surface area contributed by atoms with E-state index >= 15 is 0 Å². The average molecular weight is 408 g/mol. The predicted octanol–water partition coefficient (Wildman–Crippen LogP) is 3.07. The Morgan fingerprint density at radius 1 is 0.867 bits per heavy atom. The molecular weight excluding hydrogens is 380 g/mol. The van der Waals surface area contributed by atoms with Gasteiger partial charge in [-0.15, -0.1) is 0 Å². The molecule has 2 amide bonds. The summed E-state index contributed by atoms with van der Waals surface area (Å²) < 4.78 is 11.4. The zero-order chi connectivity index (χ0) is 20.9. The summed E-state index contributed by atoms with van der Waals surface area (Å²) in [6.07, 6.45) is 1.99. The fourth-order valence-electron chi connectivity index (χ4n) is 3.81. The molecule has 0 radical (unpaired) electrons. The Hall–Kier alpha value is -3.02. The molecule has 2 aromatic rings. The fraction of sp³-hybridized carbons (Fsp3) is 0.417. The Balaban J connectivity index is 1.27. The number of fused-ring (bicyclic) bond motifs is 1. The minimum absolute atomic E-state index is 0.0364. The molecule has 0 spiro atoms. The van der Waals surface area contributed by atoms with Gasteiger partial charge in [-0.05, 0) is 43.2 Å². The number of rotatable bonds is 4. The van der Waals surface area contributed by atoms with Crippen LogP contribution in [0.4, 0.5) is 0 Å². The number of hydrogen-bond acceptors (Lipinski definition) is 4. The molecule has 6 nitrogen and oxygen atoms in total. The van der Waals surface area contributed by atoms with Gasteiger partial charge in [0.15, 0.2) is 11.5 Å². The number of nitrogens with zero attached hydrogens (tertiary/aromatic N) is 2. The van der Waals surface area contributed by atoms with Gasteiger partial charge in [-0.25, -0.2) is 0 Å². The van der Waals surface area contributed by atoms with Gasteiger partial charge in [0.05, 0.1) is 13.2 Å². The lowest BCUT2D eigenvalue weighted by Crippen LogP contribution is -2.50. The lowest BCUT2D eigenvalue weighted by molar-refractivity contribution is -0.132. The van der Waals surface area contributed by atoms with E-state index in [9.17, 15) is 9.59 Å². The molecule has 0 atom stereocenters. The van der Waals surface area contributed by atoms with Crippen molar-refractivity contribution in [2.75, 3.05) is 39.4 Å². The van der Waals surface area contributed by atoms with E-state index in [2.05, 4.69) is 0 Å². The standard InChI is InChI=1S/C24H28N2O4/c1-18-3-7-20(8-4-18)24(28)26-13-11-25(12-14-26)23(27)10-6-19-5-9-21-22(17-19)30-16-2-15-29-21/h3-5,7-9,17H,2,6,10-16H2,1H3. The number of carbonyl (C=O) groups is 2. The molecule has 158 valence electrons. The quantitative estimate of drug-likeness (QED) is 0.780. The molecule has 0 aromatic heterocycles. The third-order valence-corrected chi connectivity index (χ3v) is 5.66. The van der Waals surface area contributed by atoms with Crippen LogP contribution in [0.5, 0.6) is 11.5 Å². The summed E-state index contributed by atoms with van der Waals surface area (Å²) in [6.45, 7) is 5.63. The Bertz CT molecular complexity index is 902. The molecule has 30 heavy (non-hydrogen) atoms. The van der Waals surface area contributed by atoms with Gasteiger partial charge in [0.1, 0.15) is 0 Å². The van der Waals surface area contributed by atoms with Gasteiger partial charge in [0, 0.05) is 44.6 Å². The summed E-state index contributed by atoms with van der Waals surface area (Å²) in [6, 6.07) is 13.5. The molecule has 2 aliphatic heterocycles. The van der Waals surface area contributed by atoms with Crippen LogP contribution in [0.1, 0.15) is 34.3 Å². The Morgan fingerprint density at radius 3 is 2.27 bits per heavy atom. The molecular formula is C24H28N2O4. The van der Waals surface area contributed by atoms with E-state index in [1.165, 1.54) is 0 Å². The van der Waals surface area contributed by atoms with Crippen LogP contribution >= 0.6 is 0 Å². The van der Waals surface area contributed by atoms with Crippen LogP contribution in [0, 0.1) is 6.92 Å². The van der Waals surface area contributed by atoms with Gasteiger partial charge in [0.2, 0.25) is 5.91 Å². The van der Waals surface area contributed by atoms with E-state index in [4.69, 9.17) is 9.47 Å². The third kappa shape index (κ3) is 4.75. The van der Waals surface area contributed by atoms with Crippen LogP contribution < -0.4 is 9.47 Å². The van der Waals surface area contributed by atoms with Crippen molar-refractivity contribution in [3.05, 3.63) is 59.2 Å². The van der Waals surface area contributed by atoms with Gasteiger partial charge < -0.3 is 19.3 Å². The molecule has 0 unspecified atom stereocenters. The molecule has 2 heterocycles. The number of benzene rings is 2. The Morgan fingerprint density at radius 2 is 1.53 bits per heavy atom. The molecule has 0 N–H and O–H groups in total. The number of hydrogen-bond donors (Lipinski definition) is 0. The van der Waals surface area contributed by atoms with Crippen molar-refractivity contribution in [2.24, 2.45) is 0 Å². The Kier molecular flexibility index (Phi) is 6.21. The average Bonchev–Trinajstić information content (AvgIpc) is 3.02. The third-order valence-electron chi connectivity index (χ3n) is 5.66. The van der Waals surface area contributed by atoms with E-state index in [0.717, 1.165) is 29.0 Å².